The minimum atomic E-state index is -0.0531. The minimum Gasteiger partial charge on any atom is -0.454 e. The van der Waals surface area contributed by atoms with Gasteiger partial charge in [-0.2, -0.15) is 5.10 Å². The van der Waals surface area contributed by atoms with Crippen LogP contribution in [0.25, 0.3) is 0 Å². The molecule has 5 rings (SSSR count). The molecule has 1 aromatic heterocycles. The van der Waals surface area contributed by atoms with Crippen molar-refractivity contribution < 1.29 is 14.3 Å². The van der Waals surface area contributed by atoms with Gasteiger partial charge in [0.2, 0.25) is 12.7 Å². The van der Waals surface area contributed by atoms with Gasteiger partial charge in [0.05, 0.1) is 11.4 Å². The molecule has 0 saturated carbocycles. The first-order valence-electron chi connectivity index (χ1n) is 8.29. The van der Waals surface area contributed by atoms with Crippen molar-refractivity contribution in [2.24, 2.45) is 0 Å². The largest absolute Gasteiger partial charge is 0.454 e. The molecule has 0 bridgehead atoms. The minimum absolute atomic E-state index is 0. The molecule has 7 nitrogen and oxygen atoms in total. The third-order valence-corrected chi connectivity index (χ3v) is 4.85. The highest BCUT2D eigenvalue weighted by Crippen LogP contribution is 2.44. The van der Waals surface area contributed by atoms with E-state index in [4.69, 9.17) is 14.6 Å². The van der Waals surface area contributed by atoms with Gasteiger partial charge in [-0.05, 0) is 30.7 Å². The number of fused-ring (bicyclic) bond motifs is 3. The predicted octanol–water partition coefficient (Wildman–Crippen LogP) is 2.00. The van der Waals surface area contributed by atoms with E-state index in [1.54, 1.807) is 0 Å². The second-order valence-corrected chi connectivity index (χ2v) is 6.41. The first kappa shape index (κ1) is 16.2. The van der Waals surface area contributed by atoms with E-state index in [1.165, 1.54) is 5.69 Å². The molecule has 4 heterocycles. The van der Waals surface area contributed by atoms with Crippen LogP contribution in [0.2, 0.25) is 0 Å². The maximum Gasteiger partial charge on any atom is 0.231 e. The Labute approximate surface area is 151 Å². The van der Waals surface area contributed by atoms with Gasteiger partial charge in [0.15, 0.2) is 11.5 Å². The molecule has 3 aliphatic heterocycles. The van der Waals surface area contributed by atoms with Crippen molar-refractivity contribution >= 4 is 24.0 Å². The maximum atomic E-state index is 12.2. The zero-order valence-corrected chi connectivity index (χ0v) is 14.4. The number of benzene rings is 1. The van der Waals surface area contributed by atoms with Crippen LogP contribution in [0.5, 0.6) is 11.5 Å². The van der Waals surface area contributed by atoms with E-state index in [0.717, 1.165) is 48.7 Å². The summed E-state index contributed by atoms with van der Waals surface area (Å²) in [7, 11) is 0. The Kier molecular flexibility index (Phi) is 4.05. The van der Waals surface area contributed by atoms with Crippen molar-refractivity contribution in [3.8, 4) is 11.5 Å². The van der Waals surface area contributed by atoms with E-state index < -0.39 is 0 Å². The molecule has 1 unspecified atom stereocenters. The number of anilines is 1. The molecule has 0 fully saturated rings. The van der Waals surface area contributed by atoms with E-state index in [-0.39, 0.29) is 31.0 Å². The molecule has 2 N–H and O–H groups in total. The number of aromatic nitrogens is 2. The summed E-state index contributed by atoms with van der Waals surface area (Å²) >= 11 is 0. The average molecular weight is 363 g/mol. The number of halogens is 1. The third kappa shape index (κ3) is 2.73. The molecule has 0 saturated heterocycles. The number of ether oxygens (including phenoxy) is 2. The molecule has 1 aromatic carbocycles. The smallest absolute Gasteiger partial charge is 0.231 e. The highest BCUT2D eigenvalue weighted by atomic mass is 35.5. The van der Waals surface area contributed by atoms with Crippen LogP contribution < -0.4 is 20.1 Å². The van der Waals surface area contributed by atoms with Crippen molar-refractivity contribution in [2.75, 3.05) is 18.7 Å². The highest BCUT2D eigenvalue weighted by molar-refractivity contribution is 5.96. The Morgan fingerprint density at radius 1 is 1.20 bits per heavy atom. The lowest BCUT2D eigenvalue weighted by atomic mass is 9.87. The van der Waals surface area contributed by atoms with Gasteiger partial charge in [-0.3, -0.25) is 9.48 Å². The predicted molar refractivity (Wildman–Crippen MR) is 93.5 cm³/mol. The van der Waals surface area contributed by atoms with Gasteiger partial charge in [0.25, 0.3) is 0 Å². The zero-order chi connectivity index (χ0) is 16.1. The fourth-order valence-corrected chi connectivity index (χ4v) is 3.67. The summed E-state index contributed by atoms with van der Waals surface area (Å²) in [5, 5.41) is 11.1. The molecule has 2 aromatic rings. The zero-order valence-electron chi connectivity index (χ0n) is 13.6. The number of hydrogen-bond acceptors (Lipinski definition) is 5. The maximum absolute atomic E-state index is 12.2. The Hall–Kier alpha value is -2.25. The molecular formula is C17H19ClN4O3. The highest BCUT2D eigenvalue weighted by Gasteiger charge is 2.31. The molecule has 0 spiro atoms. The first-order chi connectivity index (χ1) is 11.8. The average Bonchev–Trinajstić information content (AvgIpc) is 3.13. The SMILES string of the molecule is Cl.O=C1CC(c2cc3n(n2)CCCNC3)c2cc3c(cc2N1)OCO3. The number of aryl methyl sites for hydroxylation is 1. The summed E-state index contributed by atoms with van der Waals surface area (Å²) in [5.41, 5.74) is 3.96. The van der Waals surface area contributed by atoms with Gasteiger partial charge in [0.1, 0.15) is 0 Å². The van der Waals surface area contributed by atoms with Crippen LogP contribution in [0.4, 0.5) is 5.69 Å². The van der Waals surface area contributed by atoms with E-state index in [2.05, 4.69) is 21.4 Å². The topological polar surface area (TPSA) is 77.4 Å². The number of nitrogens with zero attached hydrogens (tertiary/aromatic N) is 2. The second kappa shape index (κ2) is 6.24. The second-order valence-electron chi connectivity index (χ2n) is 6.41. The molecule has 3 aliphatic rings. The van der Waals surface area contributed by atoms with Gasteiger partial charge in [0, 0.05) is 37.2 Å². The van der Waals surface area contributed by atoms with Gasteiger partial charge < -0.3 is 20.1 Å². The monoisotopic (exact) mass is 362 g/mol. The molecule has 0 aliphatic carbocycles. The van der Waals surface area contributed by atoms with E-state index in [1.807, 2.05) is 12.1 Å². The van der Waals surface area contributed by atoms with E-state index in [0.29, 0.717) is 12.2 Å². The summed E-state index contributed by atoms with van der Waals surface area (Å²) < 4.78 is 13.0. The summed E-state index contributed by atoms with van der Waals surface area (Å²) in [4.78, 5) is 12.2. The summed E-state index contributed by atoms with van der Waals surface area (Å²) in [6, 6.07) is 5.95. The van der Waals surface area contributed by atoms with Crippen molar-refractivity contribution in [3.05, 3.63) is 35.2 Å². The third-order valence-electron chi connectivity index (χ3n) is 4.85. The van der Waals surface area contributed by atoms with Crippen LogP contribution in [0, 0.1) is 0 Å². The molecule has 1 atom stereocenters. The van der Waals surface area contributed by atoms with Crippen LogP contribution in [-0.2, 0) is 17.9 Å². The number of carbonyl (C=O) groups excluding carboxylic acids is 1. The normalized spacial score (nSPS) is 20.8. The van der Waals surface area contributed by atoms with Gasteiger partial charge >= 0.3 is 0 Å². The Morgan fingerprint density at radius 3 is 2.92 bits per heavy atom. The van der Waals surface area contributed by atoms with Crippen LogP contribution >= 0.6 is 12.4 Å². The lowest BCUT2D eigenvalue weighted by Crippen LogP contribution is -2.24. The summed E-state index contributed by atoms with van der Waals surface area (Å²) in [5.74, 6) is 1.37. The quantitative estimate of drug-likeness (QED) is 0.811. The van der Waals surface area contributed by atoms with Crippen LogP contribution in [0.3, 0.4) is 0 Å². The number of carbonyl (C=O) groups is 1. The molecule has 25 heavy (non-hydrogen) atoms. The molecular weight excluding hydrogens is 344 g/mol. The molecule has 1 amide bonds. The van der Waals surface area contributed by atoms with Crippen LogP contribution in [0.1, 0.15) is 35.7 Å². The first-order valence-corrected chi connectivity index (χ1v) is 8.29. The van der Waals surface area contributed by atoms with Gasteiger partial charge in [-0.25, -0.2) is 0 Å². The van der Waals surface area contributed by atoms with Crippen molar-refractivity contribution in [3.63, 3.8) is 0 Å². The Balaban J connectivity index is 0.00000157. The van der Waals surface area contributed by atoms with Crippen molar-refractivity contribution in [1.82, 2.24) is 15.1 Å². The van der Waals surface area contributed by atoms with Gasteiger partial charge in [-0.15, -0.1) is 12.4 Å². The lowest BCUT2D eigenvalue weighted by molar-refractivity contribution is -0.116. The van der Waals surface area contributed by atoms with Crippen LogP contribution in [0.15, 0.2) is 18.2 Å². The summed E-state index contributed by atoms with van der Waals surface area (Å²) in [6.07, 6.45) is 1.46. The lowest BCUT2D eigenvalue weighted by Gasteiger charge is -2.24. The van der Waals surface area contributed by atoms with E-state index in [9.17, 15) is 4.79 Å². The van der Waals surface area contributed by atoms with Crippen LogP contribution in [-0.4, -0.2) is 29.0 Å². The fraction of sp³-hybridized carbons (Fsp3) is 0.412. The molecule has 0 radical (unpaired) electrons. The number of hydrogen-bond donors (Lipinski definition) is 2. The fourth-order valence-electron chi connectivity index (χ4n) is 3.67. The number of nitrogens with one attached hydrogen (secondary N) is 2. The number of rotatable bonds is 1. The molecule has 8 heteroatoms. The standard InChI is InChI=1S/C17H18N4O3.ClH/c22-17-6-12(14-4-10-8-18-2-1-3-21(10)20-14)11-5-15-16(24-9-23-15)7-13(11)19-17;/h4-5,7,12,18H,1-3,6,8-9H2,(H,19,22);1H. The Morgan fingerprint density at radius 2 is 2.04 bits per heavy atom. The Bertz CT molecular complexity index is 812. The van der Waals surface area contributed by atoms with Gasteiger partial charge in [-0.1, -0.05) is 0 Å². The van der Waals surface area contributed by atoms with Crippen molar-refractivity contribution in [1.29, 1.82) is 0 Å². The van der Waals surface area contributed by atoms with Crippen molar-refractivity contribution in [2.45, 2.75) is 31.8 Å². The van der Waals surface area contributed by atoms with E-state index >= 15 is 0 Å². The number of amides is 1. The summed E-state index contributed by atoms with van der Waals surface area (Å²) in [6.45, 7) is 2.97. The molecule has 132 valence electrons.